The average Bonchev–Trinajstić information content (AvgIpc) is 0.691. The Bertz CT molecular complexity index is 6690. The second-order valence-electron chi connectivity index (χ2n) is 38.9. The lowest BCUT2D eigenvalue weighted by atomic mass is 9.86. The van der Waals surface area contributed by atoms with Crippen molar-refractivity contribution < 1.29 is 0 Å². The Morgan fingerprint density at radius 2 is 0.277 bits per heavy atom. The van der Waals surface area contributed by atoms with Gasteiger partial charge in [-0.2, -0.15) is 0 Å². The summed E-state index contributed by atoms with van der Waals surface area (Å²) in [4.78, 5) is 0. The molecule has 0 nitrogen and oxygen atoms in total. The van der Waals surface area contributed by atoms with Gasteiger partial charge in [0.2, 0.25) is 0 Å². The maximum atomic E-state index is 3.99. The summed E-state index contributed by atoms with van der Waals surface area (Å²) < 4.78 is 0. The molecule has 0 aliphatic rings. The molecule has 0 bridgehead atoms. The van der Waals surface area contributed by atoms with E-state index < -0.39 is 48.4 Å². The van der Waals surface area contributed by atoms with Crippen LogP contribution in [-0.4, -0.2) is 48.4 Å². The lowest BCUT2D eigenvalue weighted by Gasteiger charge is -2.21. The topological polar surface area (TPSA) is 0 Å². The minimum atomic E-state index is -1.67. The molecule has 0 saturated carbocycles. The van der Waals surface area contributed by atoms with Gasteiger partial charge in [0.05, 0.1) is 0 Å². The number of aryl methyl sites for hydroxylation is 10. The Kier molecular flexibility index (Phi) is 30.5. The molecular weight excluding hydrogens is 1660 g/mol. The highest BCUT2D eigenvalue weighted by Gasteiger charge is 2.32. The molecule has 0 amide bonds. The van der Waals surface area contributed by atoms with Crippen molar-refractivity contribution in [2.24, 2.45) is 0 Å². The first-order valence-corrected chi connectivity index (χ1v) is 65.9. The Morgan fingerprint density at radius 1 is 0.146 bits per heavy atom. The van der Waals surface area contributed by atoms with Crippen molar-refractivity contribution in [2.75, 3.05) is 0 Å². The third-order valence-electron chi connectivity index (χ3n) is 33.0. The van der Waals surface area contributed by atoms with Gasteiger partial charge in [-0.3, -0.25) is 0 Å². The molecule has 0 aromatic heterocycles. The third-order valence-corrected chi connectivity index (χ3v) is 61.3. The zero-order chi connectivity index (χ0) is 93.7. The predicted molar refractivity (Wildman–Crippen MR) is 601 cm³/mol. The van der Waals surface area contributed by atoms with E-state index in [1.807, 2.05) is 0 Å². The summed E-state index contributed by atoms with van der Waals surface area (Å²) in [6.45, 7) is 64.6. The molecule has 0 N–H and O–H groups in total. The lowest BCUT2D eigenvalue weighted by Crippen LogP contribution is -2.29. The van der Waals surface area contributed by atoms with E-state index in [4.69, 9.17) is 0 Å². The van der Waals surface area contributed by atoms with Gasteiger partial charge in [0, 0.05) is 33.4 Å². The molecule has 0 unspecified atom stereocenters. The Hall–Kier alpha value is -9.92. The van der Waals surface area contributed by atoms with Gasteiger partial charge in [0.15, 0.2) is 0 Å². The summed E-state index contributed by atoms with van der Waals surface area (Å²) in [5, 5.41) is 30.7. The highest BCUT2D eigenvalue weighted by molar-refractivity contribution is 6.89. The molecule has 15 aromatic carbocycles. The van der Waals surface area contributed by atoms with Crippen LogP contribution < -0.4 is 0 Å². The maximum Gasteiger partial charge on any atom is 0.138 e. The van der Waals surface area contributed by atoms with E-state index in [-0.39, 0.29) is 0 Å². The first-order chi connectivity index (χ1) is 62.4. The number of rotatable bonds is 18. The molecule has 0 saturated heterocycles. The molecule has 15 rings (SSSR count). The number of fused-ring (bicyclic) bond motifs is 12. The van der Waals surface area contributed by atoms with Crippen LogP contribution >= 0.6 is 0 Å². The largest absolute Gasteiger partial charge is 0.138 e. The van der Waals surface area contributed by atoms with E-state index in [1.165, 1.54) is 327 Å². The Balaban J connectivity index is 0.000000166. The molecule has 15 aromatic rings. The zero-order valence-corrected chi connectivity index (χ0v) is 90.7. The van der Waals surface area contributed by atoms with Crippen molar-refractivity contribution in [1.82, 2.24) is 0 Å². The van der Waals surface area contributed by atoms with Gasteiger partial charge in [0.25, 0.3) is 0 Å². The van der Waals surface area contributed by atoms with Crippen LogP contribution in [0.2, 0.25) is 109 Å². The van der Waals surface area contributed by atoms with Crippen LogP contribution in [0, 0.1) is 138 Å². The van der Waals surface area contributed by atoms with Gasteiger partial charge in [-0.05, 0) is 436 Å². The number of hydrogen-bond donors (Lipinski definition) is 0. The number of benzene rings is 15. The minimum absolute atomic E-state index is 1.19. The molecule has 0 aliphatic carbocycles. The SMILES string of the molecule is CC[Si](C#Cc1c2cc3c(C)ccc(C)c3cc2c(C#C[Si](CC)(CC)CC)c2cc3c(C)ccc(C)c3cc12)(CC)CC.CC[Si](C#Cc1c2cc3cc(C)c(C)cc3cc2c(C#C[Si](CC)(CC)CC)c2cc3cc(C)c(C)cc3cc12)(CC)CC.CC[Si](C#Cc1c2cc3ccccc3cc2c(C#C[Si](CC)(CC)CC)c2cc3cc(C)c(C)cc3cc12)(CC)CC. The molecule has 0 heterocycles. The molecule has 6 heteroatoms. The summed E-state index contributed by atoms with van der Waals surface area (Å²) in [5.41, 5.74) is 44.3. The van der Waals surface area contributed by atoms with E-state index >= 15 is 0 Å². The first kappa shape index (κ1) is 97.6. The van der Waals surface area contributed by atoms with Crippen molar-refractivity contribution in [3.8, 4) is 68.8 Å². The van der Waals surface area contributed by atoms with Gasteiger partial charge in [-0.15, -0.1) is 33.3 Å². The average molecular weight is 1810 g/mol. The summed E-state index contributed by atoms with van der Waals surface area (Å²) in [5.74, 6) is 23.4. The summed E-state index contributed by atoms with van der Waals surface area (Å²) >= 11 is 0. The quantitative estimate of drug-likeness (QED) is 0.0456. The van der Waals surface area contributed by atoms with Gasteiger partial charge < -0.3 is 0 Å². The fourth-order valence-electron chi connectivity index (χ4n) is 20.8. The maximum absolute atomic E-state index is 3.99. The summed E-state index contributed by atoms with van der Waals surface area (Å²) in [7, 11) is -9.98. The molecule has 0 radical (unpaired) electrons. The monoisotopic (exact) mass is 1800 g/mol. The van der Waals surface area contributed by atoms with Crippen molar-refractivity contribution in [3.05, 3.63) is 247 Å². The van der Waals surface area contributed by atoms with Crippen molar-refractivity contribution in [3.63, 3.8) is 0 Å². The van der Waals surface area contributed by atoms with E-state index in [9.17, 15) is 0 Å². The van der Waals surface area contributed by atoms with Crippen LogP contribution in [0.4, 0.5) is 0 Å². The van der Waals surface area contributed by atoms with Gasteiger partial charge in [-0.25, -0.2) is 0 Å². The lowest BCUT2D eigenvalue weighted by molar-refractivity contribution is 1.20. The van der Waals surface area contributed by atoms with Crippen molar-refractivity contribution in [2.45, 2.75) is 303 Å². The zero-order valence-electron chi connectivity index (χ0n) is 84.7. The summed E-state index contributed by atoms with van der Waals surface area (Å²) in [6.07, 6.45) is 0. The number of hydrogen-bond acceptors (Lipinski definition) is 0. The Morgan fingerprint density at radius 3 is 0.415 bits per heavy atom. The Labute approximate surface area is 789 Å². The summed E-state index contributed by atoms with van der Waals surface area (Å²) in [6, 6.07) is 82.7. The fraction of sp³-hybridized carbons (Fsp3) is 0.371. The van der Waals surface area contributed by atoms with Gasteiger partial charge in [0.1, 0.15) is 48.4 Å². The first-order valence-electron chi connectivity index (χ1n) is 50.1. The highest BCUT2D eigenvalue weighted by Crippen LogP contribution is 2.45. The highest BCUT2D eigenvalue weighted by atomic mass is 28.3. The van der Waals surface area contributed by atoms with Gasteiger partial charge in [-0.1, -0.05) is 245 Å². The van der Waals surface area contributed by atoms with Crippen LogP contribution in [0.5, 0.6) is 0 Å². The molecule has 0 fully saturated rings. The van der Waals surface area contributed by atoms with Crippen LogP contribution in [0.15, 0.2) is 158 Å². The van der Waals surface area contributed by atoms with E-state index in [1.54, 1.807) is 0 Å². The van der Waals surface area contributed by atoms with Crippen LogP contribution in [0.25, 0.3) is 129 Å². The molecule has 666 valence electrons. The minimum Gasteiger partial charge on any atom is -0.126 e. The molecule has 130 heavy (non-hydrogen) atoms. The second kappa shape index (κ2) is 40.7. The van der Waals surface area contributed by atoms with Crippen LogP contribution in [0.1, 0.15) is 214 Å². The molecule has 0 aliphatic heterocycles. The van der Waals surface area contributed by atoms with Gasteiger partial charge >= 0.3 is 0 Å². The normalized spacial score (nSPS) is 12.0. The third kappa shape index (κ3) is 18.8. The van der Waals surface area contributed by atoms with E-state index in [0.717, 1.165) is 0 Å². The van der Waals surface area contributed by atoms with Crippen molar-refractivity contribution >= 4 is 178 Å². The standard InChI is InChI=1S/2C42H50Si2.C40H46Si2/c1-11-43(12-2,13-3)19-17-37-39-25-33-21-29(7)31(9)23-35(33)27-41(39)38(18-20-44(14-4,15-5)16-6)42-28-36-24-32(10)30(8)22-34(36)26-40(37)42;1-11-43(12-2,13-3)23-21-33-39-25-35-29(7)17-19-31(9)37(35)27-41(39)34(22-24-44(14-4,15-5)16-6)42-28-38-32(10)20-18-30(8)36(38)26-40(33)42;1-9-41(10-2,11-3)21-19-35-37-25-31-17-15-16-18-32(31)26-38(37)36(20-22-42(12-4,13-5)14-6)40-28-34-24-30(8)29(7)23-33(34)27-39(35)40/h21-28H,11-16H2,1-10H3;17-20,25-28H,11-16H2,1-10H3;15-18,23-28H,9-14H2,1-8H3. The fourth-order valence-corrected chi connectivity index (χ4v) is 35.3. The molecule has 0 spiro atoms. The second-order valence-corrected chi connectivity index (χ2v) is 68.5. The van der Waals surface area contributed by atoms with Crippen molar-refractivity contribution in [1.29, 1.82) is 0 Å². The predicted octanol–water partition coefficient (Wildman–Crippen LogP) is 36.4. The smallest absolute Gasteiger partial charge is 0.126 e. The molecule has 0 atom stereocenters. The van der Waals surface area contributed by atoms with E-state index in [0.29, 0.717) is 0 Å². The van der Waals surface area contributed by atoms with E-state index in [2.05, 4.69) is 420 Å². The van der Waals surface area contributed by atoms with Crippen LogP contribution in [0.3, 0.4) is 0 Å². The van der Waals surface area contributed by atoms with Crippen LogP contribution in [-0.2, 0) is 0 Å². The molecular formula is C124H146Si6.